The summed E-state index contributed by atoms with van der Waals surface area (Å²) in [6, 6.07) is 24.8. The lowest BCUT2D eigenvalue weighted by Crippen LogP contribution is -2.31. The van der Waals surface area contributed by atoms with Gasteiger partial charge in [0.05, 0.1) is 33.8 Å². The van der Waals surface area contributed by atoms with E-state index in [1.807, 2.05) is 61.5 Å². The van der Waals surface area contributed by atoms with Crippen LogP contribution in [-0.2, 0) is 4.79 Å². The average molecular weight is 492 g/mol. The van der Waals surface area contributed by atoms with Gasteiger partial charge in [0.15, 0.2) is 5.76 Å². The van der Waals surface area contributed by atoms with Gasteiger partial charge in [0.25, 0.3) is 5.91 Å². The zero-order valence-corrected chi connectivity index (χ0v) is 20.4. The summed E-state index contributed by atoms with van der Waals surface area (Å²) in [5, 5.41) is 20.9. The normalized spacial score (nSPS) is 15.3. The first-order chi connectivity index (χ1) is 17.4. The summed E-state index contributed by atoms with van der Waals surface area (Å²) >= 11 is 1.24. The molecule has 6 nitrogen and oxygen atoms in total. The second-order valence-electron chi connectivity index (χ2n) is 8.48. The van der Waals surface area contributed by atoms with Crippen molar-refractivity contribution in [1.29, 1.82) is 5.26 Å². The fourth-order valence-corrected chi connectivity index (χ4v) is 5.45. The predicted molar refractivity (Wildman–Crippen MR) is 139 cm³/mol. The number of nitriles is 1. The minimum atomic E-state index is -0.833. The number of carbonyl (C=O) groups excluding carboxylic acids is 2. The highest BCUT2D eigenvalue weighted by molar-refractivity contribution is 7.17. The summed E-state index contributed by atoms with van der Waals surface area (Å²) in [6.45, 7) is 3.66. The van der Waals surface area contributed by atoms with Crippen molar-refractivity contribution in [3.05, 3.63) is 117 Å². The minimum absolute atomic E-state index is 0.0185. The Bertz CT molecular complexity index is 1560. The molecule has 1 amide bonds. The lowest BCUT2D eigenvalue weighted by atomic mass is 9.92. The van der Waals surface area contributed by atoms with Crippen LogP contribution < -0.4 is 4.90 Å². The van der Waals surface area contributed by atoms with Crippen molar-refractivity contribution in [1.82, 2.24) is 4.98 Å². The Morgan fingerprint density at radius 1 is 1.00 bits per heavy atom. The van der Waals surface area contributed by atoms with Crippen LogP contribution in [0.4, 0.5) is 5.69 Å². The van der Waals surface area contributed by atoms with E-state index in [0.717, 1.165) is 16.7 Å². The van der Waals surface area contributed by atoms with Gasteiger partial charge in [-0.25, -0.2) is 4.98 Å². The number of amides is 1. The third-order valence-corrected chi connectivity index (χ3v) is 7.44. The second-order valence-corrected chi connectivity index (χ2v) is 9.48. The summed E-state index contributed by atoms with van der Waals surface area (Å²) in [4.78, 5) is 33.8. The molecule has 0 aliphatic carbocycles. The SMILES string of the molecule is Cc1ccccc1C1C(C(=O)c2sc(-c3ccccc3)nc2C)=C(O)C(=O)N1c1ccc(C#N)cc1. The number of aromatic nitrogens is 1. The molecule has 0 saturated carbocycles. The summed E-state index contributed by atoms with van der Waals surface area (Å²) < 4.78 is 0. The van der Waals surface area contributed by atoms with Gasteiger partial charge in [-0.05, 0) is 49.2 Å². The number of aliphatic hydroxyl groups is 1. The van der Waals surface area contributed by atoms with Crippen LogP contribution in [0.15, 0.2) is 90.2 Å². The van der Waals surface area contributed by atoms with Crippen molar-refractivity contribution in [2.75, 3.05) is 4.90 Å². The number of benzene rings is 3. The number of anilines is 1. The molecule has 1 aliphatic heterocycles. The Hall–Kier alpha value is -4.54. The highest BCUT2D eigenvalue weighted by Gasteiger charge is 2.45. The third kappa shape index (κ3) is 3.88. The van der Waals surface area contributed by atoms with Crippen LogP contribution in [0.25, 0.3) is 10.6 Å². The van der Waals surface area contributed by atoms with Gasteiger partial charge in [0.1, 0.15) is 5.01 Å². The quantitative estimate of drug-likeness (QED) is 0.341. The molecule has 4 aromatic rings. The number of ketones is 1. The smallest absolute Gasteiger partial charge is 0.294 e. The Morgan fingerprint density at radius 2 is 1.67 bits per heavy atom. The molecule has 1 N–H and O–H groups in total. The molecule has 1 unspecified atom stereocenters. The van der Waals surface area contributed by atoms with Crippen molar-refractivity contribution >= 4 is 28.7 Å². The van der Waals surface area contributed by atoms with Gasteiger partial charge in [-0.3, -0.25) is 14.5 Å². The van der Waals surface area contributed by atoms with Gasteiger partial charge in [-0.2, -0.15) is 5.26 Å². The number of nitrogens with zero attached hydrogens (tertiary/aromatic N) is 3. The van der Waals surface area contributed by atoms with Crippen molar-refractivity contribution in [3.8, 4) is 16.6 Å². The van der Waals surface area contributed by atoms with Crippen molar-refractivity contribution in [2.24, 2.45) is 0 Å². The fraction of sp³-hybridized carbons (Fsp3) is 0.103. The molecule has 5 rings (SSSR count). The molecule has 7 heteroatoms. The van der Waals surface area contributed by atoms with Crippen molar-refractivity contribution < 1.29 is 14.7 Å². The van der Waals surface area contributed by atoms with E-state index >= 15 is 0 Å². The highest BCUT2D eigenvalue weighted by atomic mass is 32.1. The van der Waals surface area contributed by atoms with E-state index in [9.17, 15) is 20.0 Å². The average Bonchev–Trinajstić information content (AvgIpc) is 3.42. The van der Waals surface area contributed by atoms with E-state index < -0.39 is 23.5 Å². The Morgan fingerprint density at radius 3 is 2.33 bits per heavy atom. The van der Waals surface area contributed by atoms with Gasteiger partial charge in [0, 0.05) is 11.3 Å². The molecular weight excluding hydrogens is 470 g/mol. The molecular formula is C29H21N3O3S. The van der Waals surface area contributed by atoms with Crippen LogP contribution >= 0.6 is 11.3 Å². The Balaban J connectivity index is 1.64. The lowest BCUT2D eigenvalue weighted by molar-refractivity contribution is -0.117. The van der Waals surface area contributed by atoms with E-state index in [0.29, 0.717) is 26.8 Å². The van der Waals surface area contributed by atoms with Gasteiger partial charge in [0.2, 0.25) is 5.78 Å². The maximum absolute atomic E-state index is 14.0. The molecule has 1 aromatic heterocycles. The molecule has 36 heavy (non-hydrogen) atoms. The number of thiazole rings is 1. The summed E-state index contributed by atoms with van der Waals surface area (Å²) in [5.74, 6) is -1.67. The molecule has 0 bridgehead atoms. The van der Waals surface area contributed by atoms with E-state index in [4.69, 9.17) is 0 Å². The van der Waals surface area contributed by atoms with Crippen LogP contribution in [0, 0.1) is 25.2 Å². The van der Waals surface area contributed by atoms with Crippen LogP contribution in [-0.4, -0.2) is 21.8 Å². The molecule has 3 aromatic carbocycles. The van der Waals surface area contributed by atoms with E-state index in [-0.39, 0.29) is 5.57 Å². The maximum atomic E-state index is 14.0. The fourth-order valence-electron chi connectivity index (χ4n) is 4.42. The first-order valence-corrected chi connectivity index (χ1v) is 12.1. The zero-order chi connectivity index (χ0) is 25.4. The topological polar surface area (TPSA) is 94.3 Å². The molecule has 1 atom stereocenters. The molecule has 176 valence electrons. The number of aryl methyl sites for hydroxylation is 2. The largest absolute Gasteiger partial charge is 0.503 e. The number of hydrogen-bond acceptors (Lipinski definition) is 6. The molecule has 0 spiro atoms. The summed E-state index contributed by atoms with van der Waals surface area (Å²) in [7, 11) is 0. The summed E-state index contributed by atoms with van der Waals surface area (Å²) in [6.07, 6.45) is 0. The Labute approximate surface area is 212 Å². The Kier molecular flexibility index (Phi) is 5.96. The van der Waals surface area contributed by atoms with Crippen LogP contribution in [0.1, 0.15) is 38.1 Å². The van der Waals surface area contributed by atoms with Gasteiger partial charge in [-0.1, -0.05) is 54.6 Å². The van der Waals surface area contributed by atoms with Gasteiger partial charge >= 0.3 is 0 Å². The molecule has 0 radical (unpaired) electrons. The minimum Gasteiger partial charge on any atom is -0.503 e. The first kappa shape index (κ1) is 23.2. The molecule has 0 fully saturated rings. The van der Waals surface area contributed by atoms with E-state index in [2.05, 4.69) is 11.1 Å². The number of carbonyl (C=O) groups is 2. The third-order valence-electron chi connectivity index (χ3n) is 6.23. The van der Waals surface area contributed by atoms with Crippen LogP contribution in [0.3, 0.4) is 0 Å². The predicted octanol–water partition coefficient (Wildman–Crippen LogP) is 6.08. The second kappa shape index (κ2) is 9.25. The van der Waals surface area contributed by atoms with Gasteiger partial charge in [-0.15, -0.1) is 11.3 Å². The van der Waals surface area contributed by atoms with Gasteiger partial charge < -0.3 is 5.11 Å². The standard InChI is InChI=1S/C29H21N3O3S/c1-17-8-6-7-11-22(17)24-23(26(34)29(35)32(24)21-14-12-19(16-30)13-15-21)25(33)27-18(2)31-28(36-27)20-9-4-3-5-10-20/h3-15,24,34H,1-2H3. The highest BCUT2D eigenvalue weighted by Crippen LogP contribution is 2.44. The lowest BCUT2D eigenvalue weighted by Gasteiger charge is -2.28. The van der Waals surface area contributed by atoms with Crippen LogP contribution in [0.2, 0.25) is 0 Å². The van der Waals surface area contributed by atoms with Crippen LogP contribution in [0.5, 0.6) is 0 Å². The number of aliphatic hydroxyl groups excluding tert-OH is 1. The number of Topliss-reactive ketones (excluding diaryl/α,β-unsaturated/α-hetero) is 1. The molecule has 1 aliphatic rings. The monoisotopic (exact) mass is 491 g/mol. The summed E-state index contributed by atoms with van der Waals surface area (Å²) in [5.41, 5.74) is 3.97. The van der Waals surface area contributed by atoms with E-state index in [1.165, 1.54) is 16.2 Å². The number of rotatable bonds is 5. The van der Waals surface area contributed by atoms with Crippen molar-refractivity contribution in [2.45, 2.75) is 19.9 Å². The van der Waals surface area contributed by atoms with Crippen molar-refractivity contribution in [3.63, 3.8) is 0 Å². The first-order valence-electron chi connectivity index (χ1n) is 11.3. The molecule has 0 saturated heterocycles. The zero-order valence-electron chi connectivity index (χ0n) is 19.6. The maximum Gasteiger partial charge on any atom is 0.294 e. The molecule has 2 heterocycles. The number of hydrogen-bond donors (Lipinski definition) is 1. The van der Waals surface area contributed by atoms with E-state index in [1.54, 1.807) is 31.2 Å².